The van der Waals surface area contributed by atoms with Crippen LogP contribution in [0.25, 0.3) is 0 Å². The maximum Gasteiger partial charge on any atom is 0.122 e. The summed E-state index contributed by atoms with van der Waals surface area (Å²) in [4.78, 5) is 0. The van der Waals surface area contributed by atoms with Gasteiger partial charge in [0.1, 0.15) is 11.9 Å². The van der Waals surface area contributed by atoms with Crippen LogP contribution in [-0.2, 0) is 0 Å². The Morgan fingerprint density at radius 1 is 1.16 bits per heavy atom. The average Bonchev–Trinajstić information content (AvgIpc) is 2.43. The molecule has 2 aliphatic carbocycles. The highest BCUT2D eigenvalue weighted by Gasteiger charge is 2.54. The van der Waals surface area contributed by atoms with E-state index in [0.717, 1.165) is 12.2 Å². The highest BCUT2D eigenvalue weighted by atomic mass is 16.5. The molecule has 0 aliphatic heterocycles. The first kappa shape index (κ1) is 13.0. The van der Waals surface area contributed by atoms with E-state index >= 15 is 0 Å². The van der Waals surface area contributed by atoms with Crippen molar-refractivity contribution in [1.29, 1.82) is 0 Å². The van der Waals surface area contributed by atoms with E-state index in [-0.39, 0.29) is 5.41 Å². The third-order valence-corrected chi connectivity index (χ3v) is 5.25. The van der Waals surface area contributed by atoms with Crippen LogP contribution in [0.1, 0.15) is 49.7 Å². The molecule has 3 rings (SSSR count). The van der Waals surface area contributed by atoms with Crippen LogP contribution in [0.3, 0.4) is 0 Å². The average molecular weight is 259 g/mol. The lowest BCUT2D eigenvalue weighted by molar-refractivity contribution is -0.0901. The maximum atomic E-state index is 6.35. The minimum absolute atomic E-state index is 0.272. The Hall–Kier alpha value is -1.02. The van der Waals surface area contributed by atoms with Crippen LogP contribution in [0.5, 0.6) is 5.75 Å². The number of ether oxygens (including phenoxy) is 1. The van der Waals surface area contributed by atoms with E-state index in [1.807, 2.05) is 0 Å². The van der Waals surface area contributed by atoms with Gasteiger partial charge in [-0.2, -0.15) is 0 Å². The van der Waals surface area contributed by atoms with Crippen LogP contribution in [0, 0.1) is 19.3 Å². The third kappa shape index (κ3) is 2.16. The zero-order valence-electron chi connectivity index (χ0n) is 12.1. The molecular formula is C17H25NO. The van der Waals surface area contributed by atoms with E-state index in [1.54, 1.807) is 0 Å². The van der Waals surface area contributed by atoms with E-state index < -0.39 is 0 Å². The summed E-state index contributed by atoms with van der Waals surface area (Å²) >= 11 is 0. The van der Waals surface area contributed by atoms with Gasteiger partial charge < -0.3 is 10.5 Å². The number of hydrogen-bond acceptors (Lipinski definition) is 2. The first-order chi connectivity index (χ1) is 9.12. The van der Waals surface area contributed by atoms with Gasteiger partial charge in [0.05, 0.1) is 0 Å². The molecule has 2 nitrogen and oxygen atoms in total. The van der Waals surface area contributed by atoms with Gasteiger partial charge in [0.25, 0.3) is 0 Å². The van der Waals surface area contributed by atoms with Gasteiger partial charge in [-0.3, -0.25) is 0 Å². The van der Waals surface area contributed by atoms with Crippen molar-refractivity contribution >= 4 is 0 Å². The molecule has 2 fully saturated rings. The second-order valence-corrected chi connectivity index (χ2v) is 6.51. The number of aryl methyl sites for hydroxylation is 2. The highest BCUT2D eigenvalue weighted by molar-refractivity contribution is 5.36. The molecule has 1 aromatic rings. The fraction of sp³-hybridized carbons (Fsp3) is 0.647. The van der Waals surface area contributed by atoms with E-state index in [9.17, 15) is 0 Å². The molecule has 0 amide bonds. The van der Waals surface area contributed by atoms with Crippen LogP contribution in [0.2, 0.25) is 0 Å². The van der Waals surface area contributed by atoms with Crippen LogP contribution in [-0.4, -0.2) is 12.1 Å². The Morgan fingerprint density at radius 2 is 1.89 bits per heavy atom. The molecule has 104 valence electrons. The van der Waals surface area contributed by atoms with Crippen LogP contribution in [0.15, 0.2) is 18.2 Å². The summed E-state index contributed by atoms with van der Waals surface area (Å²) in [6.07, 6.45) is 7.87. The molecule has 19 heavy (non-hydrogen) atoms. The Kier molecular flexibility index (Phi) is 3.30. The first-order valence-corrected chi connectivity index (χ1v) is 7.61. The summed E-state index contributed by atoms with van der Waals surface area (Å²) in [7, 11) is 0. The lowest BCUT2D eigenvalue weighted by Crippen LogP contribution is -2.64. The highest BCUT2D eigenvalue weighted by Crippen LogP contribution is 2.52. The molecular weight excluding hydrogens is 234 g/mol. The van der Waals surface area contributed by atoms with Gasteiger partial charge >= 0.3 is 0 Å². The first-order valence-electron chi connectivity index (χ1n) is 7.61. The van der Waals surface area contributed by atoms with E-state index in [1.165, 1.54) is 43.2 Å². The van der Waals surface area contributed by atoms with Gasteiger partial charge in [0, 0.05) is 17.9 Å². The molecule has 2 atom stereocenters. The molecule has 0 bridgehead atoms. The Bertz CT molecular complexity index is 462. The molecule has 2 heteroatoms. The van der Waals surface area contributed by atoms with Gasteiger partial charge in [-0.1, -0.05) is 31.4 Å². The largest absolute Gasteiger partial charge is 0.489 e. The second-order valence-electron chi connectivity index (χ2n) is 6.51. The summed E-state index contributed by atoms with van der Waals surface area (Å²) in [5.41, 5.74) is 9.09. The predicted molar refractivity (Wildman–Crippen MR) is 78.4 cm³/mol. The molecule has 0 heterocycles. The van der Waals surface area contributed by atoms with Crippen molar-refractivity contribution in [2.24, 2.45) is 11.1 Å². The lowest BCUT2D eigenvalue weighted by Gasteiger charge is -2.56. The van der Waals surface area contributed by atoms with Crippen molar-refractivity contribution in [2.75, 3.05) is 0 Å². The van der Waals surface area contributed by atoms with Gasteiger partial charge in [-0.05, 0) is 43.9 Å². The van der Waals surface area contributed by atoms with E-state index in [0.29, 0.717) is 12.1 Å². The molecule has 2 N–H and O–H groups in total. The molecule has 1 aromatic carbocycles. The van der Waals surface area contributed by atoms with E-state index in [4.69, 9.17) is 10.5 Å². The predicted octanol–water partition coefficient (Wildman–Crippen LogP) is 3.73. The molecule has 0 saturated heterocycles. The van der Waals surface area contributed by atoms with Crippen LogP contribution < -0.4 is 10.5 Å². The molecule has 1 spiro atoms. The summed E-state index contributed by atoms with van der Waals surface area (Å²) in [5, 5.41) is 0. The van der Waals surface area contributed by atoms with Gasteiger partial charge in [-0.25, -0.2) is 0 Å². The van der Waals surface area contributed by atoms with Crippen molar-refractivity contribution in [1.82, 2.24) is 0 Å². The zero-order chi connectivity index (χ0) is 13.5. The minimum atomic E-state index is 0.272. The summed E-state index contributed by atoms with van der Waals surface area (Å²) in [5.74, 6) is 1.06. The molecule has 2 aliphatic rings. The lowest BCUT2D eigenvalue weighted by atomic mass is 9.55. The number of hydrogen-bond donors (Lipinski definition) is 1. The summed E-state index contributed by atoms with van der Waals surface area (Å²) in [6.45, 7) is 4.25. The molecule has 2 saturated carbocycles. The standard InChI is InChI=1S/C17H25NO/c1-12-6-7-13(2)14(10-12)19-16-11-15(18)17(16)8-4-3-5-9-17/h6-7,10,15-16H,3-5,8-9,11,18H2,1-2H3. The van der Waals surface area contributed by atoms with Crippen LogP contribution >= 0.6 is 0 Å². The monoisotopic (exact) mass is 259 g/mol. The fourth-order valence-corrected chi connectivity index (χ4v) is 3.83. The second kappa shape index (κ2) is 4.82. The van der Waals surface area contributed by atoms with Crippen molar-refractivity contribution in [3.05, 3.63) is 29.3 Å². The van der Waals surface area contributed by atoms with Crippen molar-refractivity contribution < 1.29 is 4.74 Å². The quantitative estimate of drug-likeness (QED) is 0.878. The number of nitrogens with two attached hydrogens (primary N) is 1. The topological polar surface area (TPSA) is 35.2 Å². The SMILES string of the molecule is Cc1ccc(C)c(OC2CC(N)C23CCCCC3)c1. The van der Waals surface area contributed by atoms with Gasteiger partial charge in [0.15, 0.2) is 0 Å². The fourth-order valence-electron chi connectivity index (χ4n) is 3.83. The smallest absolute Gasteiger partial charge is 0.122 e. The zero-order valence-corrected chi connectivity index (χ0v) is 12.1. The Balaban J connectivity index is 1.78. The van der Waals surface area contributed by atoms with Crippen LogP contribution in [0.4, 0.5) is 0 Å². The van der Waals surface area contributed by atoms with Gasteiger partial charge in [-0.15, -0.1) is 0 Å². The van der Waals surface area contributed by atoms with Crippen molar-refractivity contribution in [3.8, 4) is 5.75 Å². The Labute approximate surface area is 116 Å². The number of rotatable bonds is 2. The molecule has 2 unspecified atom stereocenters. The van der Waals surface area contributed by atoms with Gasteiger partial charge in [0.2, 0.25) is 0 Å². The molecule has 0 radical (unpaired) electrons. The van der Waals surface area contributed by atoms with Crippen molar-refractivity contribution in [3.63, 3.8) is 0 Å². The van der Waals surface area contributed by atoms with E-state index in [2.05, 4.69) is 32.0 Å². The number of benzene rings is 1. The minimum Gasteiger partial charge on any atom is -0.489 e. The third-order valence-electron chi connectivity index (χ3n) is 5.25. The maximum absolute atomic E-state index is 6.35. The summed E-state index contributed by atoms with van der Waals surface area (Å²) < 4.78 is 6.35. The van der Waals surface area contributed by atoms with Crippen molar-refractivity contribution in [2.45, 2.75) is 64.5 Å². The molecule has 0 aromatic heterocycles. The Morgan fingerprint density at radius 3 is 2.58 bits per heavy atom. The summed E-state index contributed by atoms with van der Waals surface area (Å²) in [6, 6.07) is 6.81. The normalized spacial score (nSPS) is 29.0.